The highest BCUT2D eigenvalue weighted by Crippen LogP contribution is 2.18. The lowest BCUT2D eigenvalue weighted by atomic mass is 10.1. The van der Waals surface area contributed by atoms with E-state index in [0.29, 0.717) is 31.6 Å². The maximum Gasteiger partial charge on any atom is 0.177 e. The van der Waals surface area contributed by atoms with Crippen LogP contribution in [0.5, 0.6) is 0 Å². The molecule has 20 heavy (non-hydrogen) atoms. The highest BCUT2D eigenvalue weighted by Gasteiger charge is 2.30. The van der Waals surface area contributed by atoms with Gasteiger partial charge in [0.1, 0.15) is 5.75 Å². The predicted octanol–water partition coefficient (Wildman–Crippen LogP) is 2.03. The maximum atomic E-state index is 12.2. The molecule has 0 radical (unpaired) electrons. The monoisotopic (exact) mass is 296 g/mol. The molecule has 2 rings (SSSR count). The molecule has 0 bridgehead atoms. The largest absolute Gasteiger partial charge is 0.381 e. The third kappa shape index (κ3) is 3.67. The van der Waals surface area contributed by atoms with Gasteiger partial charge in [0.15, 0.2) is 15.6 Å². The number of hydrogen-bond donors (Lipinski definition) is 0. The molecule has 1 fully saturated rings. The first kappa shape index (κ1) is 15.2. The van der Waals surface area contributed by atoms with Gasteiger partial charge in [0.05, 0.1) is 5.25 Å². The molecule has 5 heteroatoms. The Morgan fingerprint density at radius 3 is 2.35 bits per heavy atom. The Morgan fingerprint density at radius 2 is 1.80 bits per heavy atom. The highest BCUT2D eigenvalue weighted by molar-refractivity contribution is 7.92. The van der Waals surface area contributed by atoms with E-state index in [1.165, 1.54) is 0 Å². The second kappa shape index (κ2) is 6.50. The van der Waals surface area contributed by atoms with Crippen LogP contribution >= 0.6 is 0 Å². The van der Waals surface area contributed by atoms with Crippen LogP contribution in [0.2, 0.25) is 0 Å². The quantitative estimate of drug-likeness (QED) is 0.780. The zero-order valence-electron chi connectivity index (χ0n) is 11.7. The summed E-state index contributed by atoms with van der Waals surface area (Å²) in [7, 11) is -3.38. The summed E-state index contributed by atoms with van der Waals surface area (Å²) in [5.41, 5.74) is 1.60. The van der Waals surface area contributed by atoms with Crippen molar-refractivity contribution in [1.82, 2.24) is 0 Å². The Kier molecular flexibility index (Phi) is 4.94. The van der Waals surface area contributed by atoms with Crippen molar-refractivity contribution in [2.75, 3.05) is 19.0 Å². The fourth-order valence-corrected chi connectivity index (χ4v) is 4.02. The van der Waals surface area contributed by atoms with Gasteiger partial charge < -0.3 is 4.74 Å². The van der Waals surface area contributed by atoms with Gasteiger partial charge in [-0.2, -0.15) is 0 Å². The number of Topliss-reactive ketones (excluding diaryl/α,β-unsaturated/α-hetero) is 1. The van der Waals surface area contributed by atoms with Gasteiger partial charge in [0, 0.05) is 18.8 Å². The van der Waals surface area contributed by atoms with Crippen LogP contribution in [-0.4, -0.2) is 38.4 Å². The molecule has 110 valence electrons. The number of benzene rings is 1. The predicted molar refractivity (Wildman–Crippen MR) is 77.8 cm³/mol. The van der Waals surface area contributed by atoms with Gasteiger partial charge in [-0.05, 0) is 24.8 Å². The van der Waals surface area contributed by atoms with E-state index in [2.05, 4.69) is 0 Å². The molecule has 0 atom stereocenters. The summed E-state index contributed by atoms with van der Waals surface area (Å²) in [5.74, 6) is -0.720. The third-order valence-electron chi connectivity index (χ3n) is 3.69. The lowest BCUT2D eigenvalue weighted by Crippen LogP contribution is -2.33. The van der Waals surface area contributed by atoms with Crippen molar-refractivity contribution >= 4 is 15.6 Å². The van der Waals surface area contributed by atoms with Crippen LogP contribution in [-0.2, 0) is 21.0 Å². The summed E-state index contributed by atoms with van der Waals surface area (Å²) in [6, 6.07) is 7.16. The summed E-state index contributed by atoms with van der Waals surface area (Å²) >= 11 is 0. The molecular formula is C15H20O4S. The van der Waals surface area contributed by atoms with Crippen molar-refractivity contribution in [2.24, 2.45) is 0 Å². The third-order valence-corrected chi connectivity index (χ3v) is 5.84. The Morgan fingerprint density at radius 1 is 1.20 bits per heavy atom. The molecule has 0 N–H and O–H groups in total. The molecule has 0 unspecified atom stereocenters. The molecule has 1 aromatic rings. The summed E-state index contributed by atoms with van der Waals surface area (Å²) in [4.78, 5) is 12.1. The topological polar surface area (TPSA) is 60.4 Å². The minimum atomic E-state index is -3.38. The molecule has 0 spiro atoms. The normalized spacial score (nSPS) is 17.1. The molecule has 0 amide bonds. The van der Waals surface area contributed by atoms with Gasteiger partial charge in [-0.1, -0.05) is 31.2 Å². The Bertz CT molecular complexity index is 554. The molecule has 1 heterocycles. The zero-order valence-corrected chi connectivity index (χ0v) is 12.5. The molecule has 0 saturated carbocycles. The molecule has 0 aliphatic carbocycles. The van der Waals surface area contributed by atoms with Crippen LogP contribution < -0.4 is 0 Å². The summed E-state index contributed by atoms with van der Waals surface area (Å²) in [6.07, 6.45) is 1.88. The SMILES string of the molecule is CCc1ccc(C(=O)CS(=O)(=O)C2CCOCC2)cc1. The molecular weight excluding hydrogens is 276 g/mol. The average Bonchev–Trinajstić information content (AvgIpc) is 2.48. The van der Waals surface area contributed by atoms with Crippen molar-refractivity contribution in [3.63, 3.8) is 0 Å². The molecule has 4 nitrogen and oxygen atoms in total. The summed E-state index contributed by atoms with van der Waals surface area (Å²) in [6.45, 7) is 2.96. The number of aryl methyl sites for hydroxylation is 1. The van der Waals surface area contributed by atoms with E-state index >= 15 is 0 Å². The number of carbonyl (C=O) groups is 1. The van der Waals surface area contributed by atoms with E-state index in [1.807, 2.05) is 19.1 Å². The Labute approximate surface area is 120 Å². The second-order valence-electron chi connectivity index (χ2n) is 5.09. The van der Waals surface area contributed by atoms with Gasteiger partial charge in [0.25, 0.3) is 0 Å². The number of hydrogen-bond acceptors (Lipinski definition) is 4. The highest BCUT2D eigenvalue weighted by atomic mass is 32.2. The fraction of sp³-hybridized carbons (Fsp3) is 0.533. The van der Waals surface area contributed by atoms with E-state index < -0.39 is 20.8 Å². The fourth-order valence-electron chi connectivity index (χ4n) is 2.35. The van der Waals surface area contributed by atoms with Crippen LogP contribution in [0.15, 0.2) is 24.3 Å². The van der Waals surface area contributed by atoms with Crippen molar-refractivity contribution < 1.29 is 17.9 Å². The number of ketones is 1. The number of rotatable bonds is 5. The Hall–Kier alpha value is -1.20. The molecule has 1 aromatic carbocycles. The van der Waals surface area contributed by atoms with Crippen molar-refractivity contribution in [3.05, 3.63) is 35.4 Å². The average molecular weight is 296 g/mol. The van der Waals surface area contributed by atoms with Crippen LogP contribution in [0.1, 0.15) is 35.7 Å². The number of carbonyl (C=O) groups excluding carboxylic acids is 1. The van der Waals surface area contributed by atoms with Crippen LogP contribution in [0.25, 0.3) is 0 Å². The first-order chi connectivity index (χ1) is 9.53. The minimum Gasteiger partial charge on any atom is -0.381 e. The van der Waals surface area contributed by atoms with Crippen LogP contribution in [0, 0.1) is 0 Å². The van der Waals surface area contributed by atoms with Gasteiger partial charge in [-0.25, -0.2) is 8.42 Å². The van der Waals surface area contributed by atoms with Crippen LogP contribution in [0.3, 0.4) is 0 Å². The second-order valence-corrected chi connectivity index (χ2v) is 7.37. The van der Waals surface area contributed by atoms with Crippen molar-refractivity contribution in [1.29, 1.82) is 0 Å². The Balaban J connectivity index is 2.05. The van der Waals surface area contributed by atoms with Gasteiger partial charge >= 0.3 is 0 Å². The zero-order chi connectivity index (χ0) is 14.6. The molecule has 1 saturated heterocycles. The minimum absolute atomic E-state index is 0.320. The van der Waals surface area contributed by atoms with E-state index in [1.54, 1.807) is 12.1 Å². The van der Waals surface area contributed by atoms with Crippen molar-refractivity contribution in [2.45, 2.75) is 31.4 Å². The summed E-state index contributed by atoms with van der Waals surface area (Å²) < 4.78 is 29.6. The van der Waals surface area contributed by atoms with E-state index in [-0.39, 0.29) is 5.78 Å². The number of ether oxygens (including phenoxy) is 1. The van der Waals surface area contributed by atoms with Crippen molar-refractivity contribution in [3.8, 4) is 0 Å². The molecule has 1 aliphatic rings. The molecule has 0 aromatic heterocycles. The smallest absolute Gasteiger partial charge is 0.177 e. The van der Waals surface area contributed by atoms with Gasteiger partial charge in [-0.3, -0.25) is 4.79 Å². The standard InChI is InChI=1S/C15H20O4S/c1-2-12-3-5-13(6-4-12)15(16)11-20(17,18)14-7-9-19-10-8-14/h3-6,14H,2,7-11H2,1H3. The maximum absolute atomic E-state index is 12.2. The first-order valence-corrected chi connectivity index (χ1v) is 8.66. The number of sulfone groups is 1. The van der Waals surface area contributed by atoms with Gasteiger partial charge in [-0.15, -0.1) is 0 Å². The van der Waals surface area contributed by atoms with E-state index in [0.717, 1.165) is 12.0 Å². The van der Waals surface area contributed by atoms with E-state index in [9.17, 15) is 13.2 Å². The summed E-state index contributed by atoms with van der Waals surface area (Å²) in [5, 5.41) is -0.435. The lowest BCUT2D eigenvalue weighted by molar-refractivity contribution is 0.0971. The van der Waals surface area contributed by atoms with E-state index in [4.69, 9.17) is 4.74 Å². The van der Waals surface area contributed by atoms with Crippen LogP contribution in [0.4, 0.5) is 0 Å². The molecule has 1 aliphatic heterocycles. The lowest BCUT2D eigenvalue weighted by Gasteiger charge is -2.21. The van der Waals surface area contributed by atoms with Gasteiger partial charge in [0.2, 0.25) is 0 Å². The first-order valence-electron chi connectivity index (χ1n) is 6.94.